The third kappa shape index (κ3) is 0.884. The number of carboxylic acids is 1. The molecule has 2 bridgehead atoms. The molecule has 0 radical (unpaired) electrons. The van der Waals surface area contributed by atoms with E-state index in [4.69, 9.17) is 24.7 Å². The number of hydrogen-bond acceptors (Lipinski definition) is 5. The second-order valence-corrected chi connectivity index (χ2v) is 3.50. The molecule has 0 amide bonds. The standard InChI is InChI=1S/C7H8O6/c8-7(9)2-1-3-5-6(13-12-5)4(2)11-10-3/h2-6H,1H2,(H,8,9). The third-order valence-corrected chi connectivity index (χ3v) is 2.78. The van der Waals surface area contributed by atoms with Gasteiger partial charge in [-0.2, -0.15) is 0 Å². The molecule has 3 heterocycles. The summed E-state index contributed by atoms with van der Waals surface area (Å²) in [6.45, 7) is 0. The Morgan fingerprint density at radius 2 is 1.77 bits per heavy atom. The Morgan fingerprint density at radius 1 is 1.08 bits per heavy atom. The van der Waals surface area contributed by atoms with Crippen molar-refractivity contribution in [1.82, 2.24) is 0 Å². The van der Waals surface area contributed by atoms with E-state index in [0.717, 1.165) is 0 Å². The normalized spacial score (nSPS) is 52.5. The highest BCUT2D eigenvalue weighted by molar-refractivity contribution is 5.71. The van der Waals surface area contributed by atoms with Gasteiger partial charge in [-0.25, -0.2) is 19.6 Å². The topological polar surface area (TPSA) is 74.2 Å². The predicted octanol–water partition coefficient (Wildman–Crippen LogP) is -0.511. The molecular weight excluding hydrogens is 180 g/mol. The molecule has 13 heavy (non-hydrogen) atoms. The molecule has 4 aliphatic rings. The van der Waals surface area contributed by atoms with Gasteiger partial charge in [0.15, 0.2) is 12.2 Å². The molecule has 0 aromatic carbocycles. The van der Waals surface area contributed by atoms with E-state index in [1.807, 2.05) is 0 Å². The van der Waals surface area contributed by atoms with Gasteiger partial charge in [0.25, 0.3) is 0 Å². The average molecular weight is 188 g/mol. The van der Waals surface area contributed by atoms with Crippen LogP contribution in [0.25, 0.3) is 0 Å². The molecule has 0 aromatic heterocycles. The summed E-state index contributed by atoms with van der Waals surface area (Å²) in [5, 5.41) is 8.86. The molecule has 4 fully saturated rings. The summed E-state index contributed by atoms with van der Waals surface area (Å²) in [5.74, 6) is -1.41. The first-order valence-corrected chi connectivity index (χ1v) is 4.14. The lowest BCUT2D eigenvalue weighted by Crippen LogP contribution is -2.68. The Kier molecular flexibility index (Phi) is 1.43. The minimum Gasteiger partial charge on any atom is -0.481 e. The molecule has 5 unspecified atom stereocenters. The van der Waals surface area contributed by atoms with E-state index in [2.05, 4.69) is 0 Å². The third-order valence-electron chi connectivity index (χ3n) is 2.78. The molecule has 0 aromatic rings. The van der Waals surface area contributed by atoms with E-state index in [1.165, 1.54) is 0 Å². The monoisotopic (exact) mass is 188 g/mol. The Balaban J connectivity index is 1.86. The maximum Gasteiger partial charge on any atom is 0.309 e. The lowest BCUT2D eigenvalue weighted by atomic mass is 9.79. The Hall–Kier alpha value is -0.690. The van der Waals surface area contributed by atoms with Gasteiger partial charge < -0.3 is 5.11 Å². The molecule has 1 aliphatic carbocycles. The Morgan fingerprint density at radius 3 is 2.31 bits per heavy atom. The van der Waals surface area contributed by atoms with E-state index >= 15 is 0 Å². The van der Waals surface area contributed by atoms with Crippen molar-refractivity contribution in [2.45, 2.75) is 30.8 Å². The Bertz CT molecular complexity index is 251. The minimum absolute atomic E-state index is 0.144. The van der Waals surface area contributed by atoms with Gasteiger partial charge >= 0.3 is 5.97 Å². The van der Waals surface area contributed by atoms with Crippen LogP contribution in [0.3, 0.4) is 0 Å². The van der Waals surface area contributed by atoms with Gasteiger partial charge in [0.2, 0.25) is 0 Å². The number of carbonyl (C=O) groups is 1. The first-order chi connectivity index (χ1) is 6.27. The molecule has 0 spiro atoms. The first-order valence-electron chi connectivity index (χ1n) is 4.14. The second kappa shape index (κ2) is 2.42. The van der Waals surface area contributed by atoms with Crippen LogP contribution in [0.15, 0.2) is 0 Å². The van der Waals surface area contributed by atoms with Crippen LogP contribution < -0.4 is 0 Å². The molecule has 5 atom stereocenters. The van der Waals surface area contributed by atoms with Gasteiger partial charge in [0.05, 0.1) is 5.92 Å². The van der Waals surface area contributed by atoms with E-state index in [0.29, 0.717) is 6.42 Å². The van der Waals surface area contributed by atoms with Crippen LogP contribution in [0.2, 0.25) is 0 Å². The van der Waals surface area contributed by atoms with E-state index in [1.54, 1.807) is 0 Å². The largest absolute Gasteiger partial charge is 0.481 e. The van der Waals surface area contributed by atoms with Crippen molar-refractivity contribution >= 4 is 5.97 Å². The lowest BCUT2D eigenvalue weighted by Gasteiger charge is -2.52. The number of fused-ring (bicyclic) bond motifs is 2. The number of rotatable bonds is 1. The molecule has 3 saturated heterocycles. The highest BCUT2D eigenvalue weighted by atomic mass is 17.3. The van der Waals surface area contributed by atoms with Crippen molar-refractivity contribution in [3.8, 4) is 0 Å². The summed E-state index contributed by atoms with van der Waals surface area (Å²) in [6, 6.07) is 0. The molecule has 1 N–H and O–H groups in total. The fraction of sp³-hybridized carbons (Fsp3) is 0.857. The first kappa shape index (κ1) is 7.69. The summed E-state index contributed by atoms with van der Waals surface area (Å²) in [4.78, 5) is 30.2. The van der Waals surface area contributed by atoms with Gasteiger partial charge in [-0.15, -0.1) is 0 Å². The van der Waals surface area contributed by atoms with Crippen molar-refractivity contribution in [1.29, 1.82) is 0 Å². The van der Waals surface area contributed by atoms with Crippen LogP contribution in [0.4, 0.5) is 0 Å². The minimum atomic E-state index is -0.868. The van der Waals surface area contributed by atoms with E-state index < -0.39 is 18.0 Å². The van der Waals surface area contributed by atoms with Crippen molar-refractivity contribution in [2.75, 3.05) is 0 Å². The lowest BCUT2D eigenvalue weighted by molar-refractivity contribution is -0.573. The fourth-order valence-corrected chi connectivity index (χ4v) is 2.04. The number of aliphatic carboxylic acids is 1. The maximum atomic E-state index is 10.8. The summed E-state index contributed by atoms with van der Waals surface area (Å²) in [6.07, 6.45) is -0.807. The fourth-order valence-electron chi connectivity index (χ4n) is 2.04. The van der Waals surface area contributed by atoms with E-state index in [-0.39, 0.29) is 18.3 Å². The van der Waals surface area contributed by atoms with Crippen molar-refractivity contribution in [3.05, 3.63) is 0 Å². The second-order valence-electron chi connectivity index (χ2n) is 3.50. The van der Waals surface area contributed by atoms with Crippen LogP contribution in [-0.2, 0) is 24.3 Å². The van der Waals surface area contributed by atoms with Crippen LogP contribution in [0.5, 0.6) is 0 Å². The smallest absolute Gasteiger partial charge is 0.309 e. The highest BCUT2D eigenvalue weighted by Crippen LogP contribution is 2.43. The van der Waals surface area contributed by atoms with Crippen LogP contribution >= 0.6 is 0 Å². The molecule has 6 nitrogen and oxygen atoms in total. The maximum absolute atomic E-state index is 10.8. The molecule has 4 rings (SSSR count). The summed E-state index contributed by atoms with van der Waals surface area (Å²) >= 11 is 0. The van der Waals surface area contributed by atoms with Gasteiger partial charge in [0.1, 0.15) is 12.2 Å². The predicted molar refractivity (Wildman–Crippen MR) is 35.2 cm³/mol. The van der Waals surface area contributed by atoms with Gasteiger partial charge in [-0.3, -0.25) is 4.79 Å². The summed E-state index contributed by atoms with van der Waals surface area (Å²) < 4.78 is 0. The van der Waals surface area contributed by atoms with Gasteiger partial charge in [-0.05, 0) is 6.42 Å². The summed E-state index contributed by atoms with van der Waals surface area (Å²) in [7, 11) is 0. The van der Waals surface area contributed by atoms with Crippen molar-refractivity contribution < 1.29 is 29.5 Å². The van der Waals surface area contributed by atoms with Crippen LogP contribution in [0, 0.1) is 5.92 Å². The van der Waals surface area contributed by atoms with Crippen molar-refractivity contribution in [3.63, 3.8) is 0 Å². The molecule has 1 saturated carbocycles. The zero-order valence-electron chi connectivity index (χ0n) is 6.58. The van der Waals surface area contributed by atoms with E-state index in [9.17, 15) is 4.79 Å². The van der Waals surface area contributed by atoms with Crippen molar-refractivity contribution in [2.24, 2.45) is 5.92 Å². The number of hydrogen-bond donors (Lipinski definition) is 1. The van der Waals surface area contributed by atoms with Gasteiger partial charge in [0, 0.05) is 0 Å². The average Bonchev–Trinajstić information content (AvgIpc) is 2.03. The molecule has 72 valence electrons. The molecule has 6 heteroatoms. The zero-order valence-corrected chi connectivity index (χ0v) is 6.58. The van der Waals surface area contributed by atoms with Crippen LogP contribution in [-0.4, -0.2) is 35.5 Å². The SMILES string of the molecule is O=C(O)C1CC2OOC1C1OOC21. The molecular formula is C7H8O6. The number of carboxylic acid groups (broad SMARTS) is 1. The molecule has 3 aliphatic heterocycles. The quantitative estimate of drug-likeness (QED) is 0.558. The van der Waals surface area contributed by atoms with Gasteiger partial charge in [-0.1, -0.05) is 0 Å². The zero-order chi connectivity index (χ0) is 9.00. The summed E-state index contributed by atoms with van der Waals surface area (Å²) in [5.41, 5.74) is 0. The Labute approximate surface area is 73.2 Å². The highest BCUT2D eigenvalue weighted by Gasteiger charge is 2.61. The van der Waals surface area contributed by atoms with Crippen LogP contribution in [0.1, 0.15) is 6.42 Å².